The fourth-order valence-corrected chi connectivity index (χ4v) is 2.07. The summed E-state index contributed by atoms with van der Waals surface area (Å²) in [5, 5.41) is 9.95. The molecule has 1 atom stereocenters. The highest BCUT2D eigenvalue weighted by Gasteiger charge is 2.29. The van der Waals surface area contributed by atoms with E-state index in [0.29, 0.717) is 31.3 Å². The molecule has 100 valence electrons. The molecule has 1 aliphatic rings. The average molecular weight is 253 g/mol. The average Bonchev–Trinajstić information content (AvgIpc) is 2.76. The first kappa shape index (κ1) is 13.0. The van der Waals surface area contributed by atoms with Crippen molar-refractivity contribution in [2.24, 2.45) is 0 Å². The molecule has 2 rings (SSSR count). The quantitative estimate of drug-likeness (QED) is 0.737. The molecule has 0 saturated carbocycles. The standard InChI is InChI=1S/C11H19N5O2/c1-3-13-11(17)9-6-12-4-5-16(9)7-10-14-8(2)18-15-10/h9,12H,3-7H2,1-2H3,(H,13,17). The summed E-state index contributed by atoms with van der Waals surface area (Å²) in [6, 6.07) is -0.169. The zero-order chi connectivity index (χ0) is 13.0. The first-order valence-corrected chi connectivity index (χ1v) is 6.22. The van der Waals surface area contributed by atoms with E-state index >= 15 is 0 Å². The summed E-state index contributed by atoms with van der Waals surface area (Å²) < 4.78 is 4.95. The van der Waals surface area contributed by atoms with Crippen LogP contribution in [0, 0.1) is 6.92 Å². The minimum atomic E-state index is -0.169. The van der Waals surface area contributed by atoms with Gasteiger partial charge in [-0.1, -0.05) is 5.16 Å². The Morgan fingerprint density at radius 1 is 1.67 bits per heavy atom. The van der Waals surface area contributed by atoms with E-state index in [-0.39, 0.29) is 11.9 Å². The largest absolute Gasteiger partial charge is 0.355 e. The molecular weight excluding hydrogens is 234 g/mol. The van der Waals surface area contributed by atoms with Gasteiger partial charge >= 0.3 is 0 Å². The van der Waals surface area contributed by atoms with Gasteiger partial charge in [0.05, 0.1) is 6.54 Å². The lowest BCUT2D eigenvalue weighted by Crippen LogP contribution is -2.57. The van der Waals surface area contributed by atoms with Crippen LogP contribution in [0.15, 0.2) is 4.52 Å². The zero-order valence-electron chi connectivity index (χ0n) is 10.8. The minimum absolute atomic E-state index is 0.0462. The Hall–Kier alpha value is -1.47. The number of aryl methyl sites for hydroxylation is 1. The smallest absolute Gasteiger partial charge is 0.238 e. The van der Waals surface area contributed by atoms with Crippen molar-refractivity contribution in [3.63, 3.8) is 0 Å². The summed E-state index contributed by atoms with van der Waals surface area (Å²) in [5.41, 5.74) is 0. The minimum Gasteiger partial charge on any atom is -0.355 e. The van der Waals surface area contributed by atoms with E-state index in [1.807, 2.05) is 6.92 Å². The van der Waals surface area contributed by atoms with Crippen LogP contribution in [-0.2, 0) is 11.3 Å². The lowest BCUT2D eigenvalue weighted by molar-refractivity contribution is -0.127. The number of hydrogen-bond acceptors (Lipinski definition) is 6. The normalized spacial score (nSPS) is 20.9. The third kappa shape index (κ3) is 3.05. The van der Waals surface area contributed by atoms with Crippen molar-refractivity contribution in [2.45, 2.75) is 26.4 Å². The van der Waals surface area contributed by atoms with Crippen molar-refractivity contribution >= 4 is 5.91 Å². The van der Waals surface area contributed by atoms with Gasteiger partial charge < -0.3 is 15.2 Å². The summed E-state index contributed by atoms with van der Waals surface area (Å²) in [4.78, 5) is 18.2. The maximum atomic E-state index is 11.9. The van der Waals surface area contributed by atoms with Gasteiger partial charge in [0.25, 0.3) is 0 Å². The number of nitrogens with zero attached hydrogens (tertiary/aromatic N) is 3. The van der Waals surface area contributed by atoms with Gasteiger partial charge in [0.2, 0.25) is 11.8 Å². The molecule has 1 saturated heterocycles. The van der Waals surface area contributed by atoms with E-state index in [9.17, 15) is 4.79 Å². The Bertz CT molecular complexity index is 406. The molecule has 0 bridgehead atoms. The van der Waals surface area contributed by atoms with Crippen LogP contribution in [0.2, 0.25) is 0 Å². The molecule has 2 N–H and O–H groups in total. The highest BCUT2D eigenvalue weighted by atomic mass is 16.5. The second kappa shape index (κ2) is 5.92. The first-order valence-electron chi connectivity index (χ1n) is 6.22. The van der Waals surface area contributed by atoms with Gasteiger partial charge in [0.1, 0.15) is 6.04 Å². The second-order valence-corrected chi connectivity index (χ2v) is 4.31. The number of piperazine rings is 1. The van der Waals surface area contributed by atoms with Crippen LogP contribution in [0.25, 0.3) is 0 Å². The van der Waals surface area contributed by atoms with Crippen LogP contribution < -0.4 is 10.6 Å². The van der Waals surface area contributed by atoms with Gasteiger partial charge in [0, 0.05) is 33.1 Å². The van der Waals surface area contributed by atoms with Gasteiger partial charge in [-0.2, -0.15) is 4.98 Å². The molecule has 0 spiro atoms. The number of carbonyl (C=O) groups is 1. The molecule has 1 aliphatic heterocycles. The topological polar surface area (TPSA) is 83.3 Å². The lowest BCUT2D eigenvalue weighted by Gasteiger charge is -2.34. The zero-order valence-corrected chi connectivity index (χ0v) is 10.8. The second-order valence-electron chi connectivity index (χ2n) is 4.31. The third-order valence-electron chi connectivity index (χ3n) is 2.92. The molecule has 7 heteroatoms. The molecule has 1 fully saturated rings. The van der Waals surface area contributed by atoms with E-state index in [1.165, 1.54) is 0 Å². The molecule has 0 radical (unpaired) electrons. The highest BCUT2D eigenvalue weighted by molar-refractivity contribution is 5.82. The van der Waals surface area contributed by atoms with E-state index in [4.69, 9.17) is 4.52 Å². The molecule has 7 nitrogen and oxygen atoms in total. The van der Waals surface area contributed by atoms with Crippen LogP contribution in [0.1, 0.15) is 18.6 Å². The monoisotopic (exact) mass is 253 g/mol. The summed E-state index contributed by atoms with van der Waals surface area (Å²) in [7, 11) is 0. The summed E-state index contributed by atoms with van der Waals surface area (Å²) in [5.74, 6) is 1.23. The Kier molecular flexibility index (Phi) is 4.27. The van der Waals surface area contributed by atoms with E-state index in [1.54, 1.807) is 6.92 Å². The Balaban J connectivity index is 2.01. The number of rotatable bonds is 4. The van der Waals surface area contributed by atoms with E-state index < -0.39 is 0 Å². The number of hydrogen-bond donors (Lipinski definition) is 2. The Morgan fingerprint density at radius 3 is 3.17 bits per heavy atom. The SMILES string of the molecule is CCNC(=O)C1CNCCN1Cc1noc(C)n1. The van der Waals surface area contributed by atoms with Crippen molar-refractivity contribution in [1.82, 2.24) is 25.7 Å². The number of amides is 1. The first-order chi connectivity index (χ1) is 8.70. The molecule has 2 heterocycles. The van der Waals surface area contributed by atoms with Gasteiger partial charge in [-0.3, -0.25) is 9.69 Å². The van der Waals surface area contributed by atoms with Crippen LogP contribution in [-0.4, -0.2) is 53.2 Å². The molecule has 0 aromatic carbocycles. The molecule has 1 aromatic heterocycles. The number of carbonyl (C=O) groups excluding carboxylic acids is 1. The predicted molar refractivity (Wildman–Crippen MR) is 64.8 cm³/mol. The molecular formula is C11H19N5O2. The van der Waals surface area contributed by atoms with Crippen molar-refractivity contribution in [3.8, 4) is 0 Å². The van der Waals surface area contributed by atoms with Crippen LogP contribution in [0.4, 0.5) is 0 Å². The number of likely N-dealkylation sites (N-methyl/N-ethyl adjacent to an activating group) is 1. The fourth-order valence-electron chi connectivity index (χ4n) is 2.07. The maximum absolute atomic E-state index is 11.9. The summed E-state index contributed by atoms with van der Waals surface area (Å²) >= 11 is 0. The summed E-state index contributed by atoms with van der Waals surface area (Å²) in [6.45, 7) is 7.19. The van der Waals surface area contributed by atoms with Crippen LogP contribution in [0.3, 0.4) is 0 Å². The van der Waals surface area contributed by atoms with E-state index in [2.05, 4.69) is 25.7 Å². The van der Waals surface area contributed by atoms with E-state index in [0.717, 1.165) is 13.1 Å². The molecule has 1 aromatic rings. The third-order valence-corrected chi connectivity index (χ3v) is 2.92. The highest BCUT2D eigenvalue weighted by Crippen LogP contribution is 2.08. The molecule has 1 amide bonds. The van der Waals surface area contributed by atoms with Gasteiger partial charge in [0.15, 0.2) is 5.82 Å². The van der Waals surface area contributed by atoms with Crippen molar-refractivity contribution < 1.29 is 9.32 Å². The Labute approximate surface area is 106 Å². The van der Waals surface area contributed by atoms with Crippen LogP contribution in [0.5, 0.6) is 0 Å². The van der Waals surface area contributed by atoms with Crippen molar-refractivity contribution in [2.75, 3.05) is 26.2 Å². The number of nitrogens with one attached hydrogen (secondary N) is 2. The lowest BCUT2D eigenvalue weighted by atomic mass is 10.1. The van der Waals surface area contributed by atoms with Crippen LogP contribution >= 0.6 is 0 Å². The van der Waals surface area contributed by atoms with Gasteiger partial charge in [-0.25, -0.2) is 0 Å². The molecule has 0 aliphatic carbocycles. The fraction of sp³-hybridized carbons (Fsp3) is 0.727. The predicted octanol–water partition coefficient (Wildman–Crippen LogP) is -0.712. The van der Waals surface area contributed by atoms with Crippen molar-refractivity contribution in [3.05, 3.63) is 11.7 Å². The summed E-state index contributed by atoms with van der Waals surface area (Å²) in [6.07, 6.45) is 0. The molecule has 1 unspecified atom stereocenters. The Morgan fingerprint density at radius 2 is 2.50 bits per heavy atom. The number of aromatic nitrogens is 2. The van der Waals surface area contributed by atoms with Crippen molar-refractivity contribution in [1.29, 1.82) is 0 Å². The van der Waals surface area contributed by atoms with Gasteiger partial charge in [-0.15, -0.1) is 0 Å². The molecule has 18 heavy (non-hydrogen) atoms. The maximum Gasteiger partial charge on any atom is 0.238 e. The van der Waals surface area contributed by atoms with Gasteiger partial charge in [-0.05, 0) is 6.92 Å².